The van der Waals surface area contributed by atoms with Crippen molar-refractivity contribution >= 4 is 11.5 Å². The largest absolute Gasteiger partial charge is 0.497 e. The second-order valence-electron chi connectivity index (χ2n) is 4.06. The summed E-state index contributed by atoms with van der Waals surface area (Å²) in [6.07, 6.45) is -4.44. The van der Waals surface area contributed by atoms with Gasteiger partial charge in [-0.25, -0.2) is 0 Å². The van der Waals surface area contributed by atoms with E-state index in [0.29, 0.717) is 5.75 Å². The van der Waals surface area contributed by atoms with Gasteiger partial charge in [0.2, 0.25) is 0 Å². The van der Waals surface area contributed by atoms with Crippen LogP contribution in [-0.4, -0.2) is 43.9 Å². The molecular weight excluding hydrogens is 275 g/mol. The Labute approximate surface area is 114 Å². The van der Waals surface area contributed by atoms with Crippen molar-refractivity contribution in [1.29, 1.82) is 5.41 Å². The van der Waals surface area contributed by atoms with Crippen LogP contribution in [0.4, 0.5) is 18.9 Å². The molecule has 0 saturated heterocycles. The molecule has 0 aromatic heterocycles. The molecule has 1 aromatic carbocycles. The summed E-state index contributed by atoms with van der Waals surface area (Å²) in [5.74, 6) is -0.0112. The van der Waals surface area contributed by atoms with E-state index >= 15 is 0 Å². The van der Waals surface area contributed by atoms with Gasteiger partial charge in [-0.15, -0.1) is 0 Å². The third kappa shape index (κ3) is 4.30. The molecule has 1 rings (SSSR count). The predicted octanol–water partition coefficient (Wildman–Crippen LogP) is 1.34. The maximum atomic E-state index is 12.6. The lowest BCUT2D eigenvalue weighted by molar-refractivity contribution is -0.119. The first-order valence-electron chi connectivity index (χ1n) is 5.73. The van der Waals surface area contributed by atoms with Gasteiger partial charge in [-0.2, -0.15) is 13.2 Å². The molecule has 0 aliphatic heterocycles. The van der Waals surface area contributed by atoms with Gasteiger partial charge >= 0.3 is 6.18 Å². The Balaban J connectivity index is 3.25. The van der Waals surface area contributed by atoms with E-state index in [9.17, 15) is 13.2 Å². The number of halogens is 3. The minimum atomic E-state index is -4.44. The number of benzene rings is 1. The van der Waals surface area contributed by atoms with Crippen molar-refractivity contribution in [1.82, 2.24) is 0 Å². The molecule has 0 aliphatic carbocycles. The van der Waals surface area contributed by atoms with Crippen molar-refractivity contribution in [2.45, 2.75) is 6.18 Å². The van der Waals surface area contributed by atoms with Gasteiger partial charge in [0.05, 0.1) is 19.4 Å². The number of aliphatic hydroxyl groups is 1. The first-order valence-corrected chi connectivity index (χ1v) is 5.73. The van der Waals surface area contributed by atoms with E-state index in [-0.39, 0.29) is 23.6 Å². The Morgan fingerprint density at radius 2 is 2.10 bits per heavy atom. The molecule has 0 amide bonds. The number of ether oxygens (including phenoxy) is 1. The van der Waals surface area contributed by atoms with Crippen LogP contribution in [0.25, 0.3) is 0 Å². The van der Waals surface area contributed by atoms with Crippen LogP contribution >= 0.6 is 0 Å². The maximum absolute atomic E-state index is 12.6. The van der Waals surface area contributed by atoms with E-state index in [1.54, 1.807) is 0 Å². The van der Waals surface area contributed by atoms with Crippen LogP contribution in [0.3, 0.4) is 0 Å². The lowest BCUT2D eigenvalue weighted by Crippen LogP contribution is -2.37. The molecule has 1 aromatic rings. The Morgan fingerprint density at radius 1 is 1.45 bits per heavy atom. The summed E-state index contributed by atoms with van der Waals surface area (Å²) < 4.78 is 42.7. The van der Waals surface area contributed by atoms with E-state index in [0.717, 1.165) is 4.90 Å². The summed E-state index contributed by atoms with van der Waals surface area (Å²) in [6, 6.07) is 4.28. The predicted molar refractivity (Wildman–Crippen MR) is 69.4 cm³/mol. The van der Waals surface area contributed by atoms with Crippen molar-refractivity contribution < 1.29 is 23.0 Å². The van der Waals surface area contributed by atoms with Crippen LogP contribution in [0, 0.1) is 5.41 Å². The first-order chi connectivity index (χ1) is 9.28. The first kappa shape index (κ1) is 16.1. The van der Waals surface area contributed by atoms with Gasteiger partial charge in [0.1, 0.15) is 18.1 Å². The third-order valence-electron chi connectivity index (χ3n) is 2.58. The number of nitrogen functional groups attached to an aromatic ring is 1. The number of nitrogens with zero attached hydrogens (tertiary/aromatic N) is 1. The second kappa shape index (κ2) is 6.47. The van der Waals surface area contributed by atoms with Crippen LogP contribution in [0.1, 0.15) is 5.56 Å². The summed E-state index contributed by atoms with van der Waals surface area (Å²) in [4.78, 5) is 0.916. The molecule has 0 fully saturated rings. The standard InChI is InChI=1S/C12H16F3N3O2/c1-20-8-2-3-9(11(16)17)10(6-8)18(4-5-19)7-12(13,14)15/h2-3,6,19H,4-5,7H2,1H3,(H3,16,17). The van der Waals surface area contributed by atoms with Crippen LogP contribution in [0.2, 0.25) is 0 Å². The number of hydrogen-bond donors (Lipinski definition) is 3. The van der Waals surface area contributed by atoms with Crippen molar-refractivity contribution in [2.75, 3.05) is 31.7 Å². The Hall–Kier alpha value is -1.96. The minimum Gasteiger partial charge on any atom is -0.497 e. The van der Waals surface area contributed by atoms with Crippen molar-refractivity contribution in [3.05, 3.63) is 23.8 Å². The number of nitrogens with one attached hydrogen (secondary N) is 1. The molecule has 5 nitrogen and oxygen atoms in total. The van der Waals surface area contributed by atoms with E-state index in [2.05, 4.69) is 0 Å². The SMILES string of the molecule is COc1ccc(C(=N)N)c(N(CCO)CC(F)(F)F)c1. The van der Waals surface area contributed by atoms with Crippen molar-refractivity contribution in [3.63, 3.8) is 0 Å². The summed E-state index contributed by atoms with van der Waals surface area (Å²) in [5.41, 5.74) is 5.63. The molecule has 20 heavy (non-hydrogen) atoms. The van der Waals surface area contributed by atoms with Gasteiger partial charge in [-0.1, -0.05) is 0 Å². The van der Waals surface area contributed by atoms with Crippen LogP contribution in [0.5, 0.6) is 5.75 Å². The third-order valence-corrected chi connectivity index (χ3v) is 2.58. The highest BCUT2D eigenvalue weighted by molar-refractivity contribution is 6.00. The average molecular weight is 291 g/mol. The molecule has 0 radical (unpaired) electrons. The zero-order valence-corrected chi connectivity index (χ0v) is 10.9. The van der Waals surface area contributed by atoms with Gasteiger partial charge < -0.3 is 20.5 Å². The van der Waals surface area contributed by atoms with Crippen LogP contribution < -0.4 is 15.4 Å². The van der Waals surface area contributed by atoms with Gasteiger partial charge in [0, 0.05) is 18.2 Å². The second-order valence-corrected chi connectivity index (χ2v) is 4.06. The van der Waals surface area contributed by atoms with Gasteiger partial charge in [0.15, 0.2) is 0 Å². The fraction of sp³-hybridized carbons (Fsp3) is 0.417. The highest BCUT2D eigenvalue weighted by Crippen LogP contribution is 2.28. The fourth-order valence-corrected chi connectivity index (χ4v) is 1.75. The average Bonchev–Trinajstić information content (AvgIpc) is 2.35. The topological polar surface area (TPSA) is 82.6 Å². The van der Waals surface area contributed by atoms with Crippen LogP contribution in [0.15, 0.2) is 18.2 Å². The number of alkyl halides is 3. The smallest absolute Gasteiger partial charge is 0.405 e. The molecule has 8 heteroatoms. The Kier molecular flexibility index (Phi) is 5.20. The van der Waals surface area contributed by atoms with Gasteiger partial charge in [-0.3, -0.25) is 5.41 Å². The van der Waals surface area contributed by atoms with Crippen molar-refractivity contribution in [2.24, 2.45) is 5.73 Å². The monoisotopic (exact) mass is 291 g/mol. The number of anilines is 1. The van der Waals surface area contributed by atoms with E-state index < -0.39 is 19.3 Å². The molecular formula is C12H16F3N3O2. The Morgan fingerprint density at radius 3 is 2.55 bits per heavy atom. The number of nitrogens with two attached hydrogens (primary N) is 1. The van der Waals surface area contributed by atoms with E-state index in [4.69, 9.17) is 21.0 Å². The minimum absolute atomic E-state index is 0.100. The molecule has 0 saturated carbocycles. The molecule has 0 bridgehead atoms. The molecule has 0 unspecified atom stereocenters. The van der Waals surface area contributed by atoms with Gasteiger partial charge in [-0.05, 0) is 12.1 Å². The lowest BCUT2D eigenvalue weighted by Gasteiger charge is -2.27. The molecule has 0 spiro atoms. The fourth-order valence-electron chi connectivity index (χ4n) is 1.75. The summed E-state index contributed by atoms with van der Waals surface area (Å²) >= 11 is 0. The van der Waals surface area contributed by atoms with Crippen molar-refractivity contribution in [3.8, 4) is 5.75 Å². The quantitative estimate of drug-likeness (QED) is 0.545. The Bertz CT molecular complexity index is 478. The summed E-state index contributed by atoms with van der Waals surface area (Å²) in [5, 5.41) is 16.4. The molecule has 112 valence electrons. The molecule has 0 heterocycles. The molecule has 0 aliphatic rings. The lowest BCUT2D eigenvalue weighted by atomic mass is 10.1. The number of amidine groups is 1. The molecule has 4 N–H and O–H groups in total. The number of rotatable bonds is 6. The van der Waals surface area contributed by atoms with Crippen LogP contribution in [-0.2, 0) is 0 Å². The number of hydrogen-bond acceptors (Lipinski definition) is 4. The highest BCUT2D eigenvalue weighted by Gasteiger charge is 2.31. The summed E-state index contributed by atoms with van der Waals surface area (Å²) in [6.45, 7) is -1.93. The van der Waals surface area contributed by atoms with E-state index in [1.807, 2.05) is 0 Å². The highest BCUT2D eigenvalue weighted by atomic mass is 19.4. The zero-order chi connectivity index (χ0) is 15.3. The summed E-state index contributed by atoms with van der Waals surface area (Å²) in [7, 11) is 1.38. The normalized spacial score (nSPS) is 11.2. The maximum Gasteiger partial charge on any atom is 0.405 e. The molecule has 0 atom stereocenters. The number of methoxy groups -OCH3 is 1. The van der Waals surface area contributed by atoms with E-state index in [1.165, 1.54) is 25.3 Å². The number of aliphatic hydroxyl groups excluding tert-OH is 1. The zero-order valence-electron chi connectivity index (χ0n) is 10.9. The van der Waals surface area contributed by atoms with Gasteiger partial charge in [0.25, 0.3) is 0 Å².